The smallest absolute Gasteiger partial charge is 0.227 e. The van der Waals surface area contributed by atoms with E-state index < -0.39 is 0 Å². The van der Waals surface area contributed by atoms with Crippen LogP contribution in [0.25, 0.3) is 0 Å². The minimum Gasteiger partial charge on any atom is -0.495 e. The lowest BCUT2D eigenvalue weighted by molar-refractivity contribution is -0.125. The molecule has 28 heavy (non-hydrogen) atoms. The van der Waals surface area contributed by atoms with E-state index in [4.69, 9.17) is 9.47 Å². The molecule has 0 bridgehead atoms. The Morgan fingerprint density at radius 3 is 1.43 bits per heavy atom. The Labute approximate surface area is 165 Å². The highest BCUT2D eigenvalue weighted by atomic mass is 16.5. The molecule has 0 aliphatic heterocycles. The van der Waals surface area contributed by atoms with Gasteiger partial charge in [-0.15, -0.1) is 0 Å². The molecule has 2 aromatic rings. The van der Waals surface area contributed by atoms with Crippen molar-refractivity contribution in [3.05, 3.63) is 48.5 Å². The molecule has 2 amide bonds. The lowest BCUT2D eigenvalue weighted by Gasteiger charge is -2.27. The number of anilines is 2. The first-order valence-corrected chi connectivity index (χ1v) is 9.50. The minimum atomic E-state index is -0.0970. The predicted molar refractivity (Wildman–Crippen MR) is 109 cm³/mol. The average Bonchev–Trinajstić information content (AvgIpc) is 2.74. The van der Waals surface area contributed by atoms with Crippen LogP contribution in [0.2, 0.25) is 0 Å². The molecular weight excluding hydrogens is 356 g/mol. The van der Waals surface area contributed by atoms with Gasteiger partial charge in [0.05, 0.1) is 25.6 Å². The largest absolute Gasteiger partial charge is 0.495 e. The maximum absolute atomic E-state index is 12.6. The van der Waals surface area contributed by atoms with E-state index in [1.807, 2.05) is 48.5 Å². The Kier molecular flexibility index (Phi) is 6.53. The van der Waals surface area contributed by atoms with E-state index >= 15 is 0 Å². The van der Waals surface area contributed by atoms with Gasteiger partial charge in [-0.2, -0.15) is 0 Å². The van der Waals surface area contributed by atoms with Crippen LogP contribution in [-0.4, -0.2) is 26.0 Å². The highest BCUT2D eigenvalue weighted by Gasteiger charge is 2.30. The Morgan fingerprint density at radius 1 is 0.714 bits per heavy atom. The van der Waals surface area contributed by atoms with Crippen LogP contribution >= 0.6 is 0 Å². The maximum atomic E-state index is 12.6. The molecule has 1 fully saturated rings. The van der Waals surface area contributed by atoms with E-state index in [0.717, 1.165) is 0 Å². The van der Waals surface area contributed by atoms with Gasteiger partial charge >= 0.3 is 0 Å². The number of rotatable bonds is 6. The Hall–Kier alpha value is -3.02. The number of hydrogen-bond acceptors (Lipinski definition) is 4. The molecule has 1 aliphatic rings. The fraction of sp³-hybridized carbons (Fsp3) is 0.364. The van der Waals surface area contributed by atoms with Gasteiger partial charge in [-0.1, -0.05) is 24.3 Å². The molecule has 0 saturated heterocycles. The van der Waals surface area contributed by atoms with Crippen molar-refractivity contribution in [2.24, 2.45) is 11.8 Å². The predicted octanol–water partition coefficient (Wildman–Crippen LogP) is 4.09. The summed E-state index contributed by atoms with van der Waals surface area (Å²) < 4.78 is 10.6. The molecule has 0 radical (unpaired) electrons. The van der Waals surface area contributed by atoms with Crippen LogP contribution in [0.3, 0.4) is 0 Å². The zero-order valence-corrected chi connectivity index (χ0v) is 16.2. The number of methoxy groups -OCH3 is 2. The first-order valence-electron chi connectivity index (χ1n) is 9.50. The zero-order chi connectivity index (χ0) is 19.9. The fourth-order valence-corrected chi connectivity index (χ4v) is 3.58. The molecule has 2 aromatic carbocycles. The van der Waals surface area contributed by atoms with Crippen LogP contribution in [0.4, 0.5) is 11.4 Å². The van der Waals surface area contributed by atoms with Crippen LogP contribution in [0.15, 0.2) is 48.5 Å². The number of ether oxygens (including phenoxy) is 2. The number of carbonyl (C=O) groups is 2. The molecule has 0 spiro atoms. The van der Waals surface area contributed by atoms with Crippen molar-refractivity contribution >= 4 is 23.2 Å². The second-order valence-electron chi connectivity index (χ2n) is 6.93. The van der Waals surface area contributed by atoms with Crippen LogP contribution in [-0.2, 0) is 9.59 Å². The lowest BCUT2D eigenvalue weighted by Crippen LogP contribution is -2.32. The summed E-state index contributed by atoms with van der Waals surface area (Å²) in [6.07, 6.45) is 2.74. The lowest BCUT2D eigenvalue weighted by atomic mass is 9.81. The van der Waals surface area contributed by atoms with Gasteiger partial charge in [-0.05, 0) is 49.9 Å². The van der Waals surface area contributed by atoms with E-state index in [0.29, 0.717) is 48.6 Å². The Bertz CT molecular complexity index is 759. The van der Waals surface area contributed by atoms with Crippen molar-refractivity contribution in [1.82, 2.24) is 0 Å². The summed E-state index contributed by atoms with van der Waals surface area (Å²) in [7, 11) is 3.16. The van der Waals surface area contributed by atoms with Crippen LogP contribution in [0, 0.1) is 11.8 Å². The van der Waals surface area contributed by atoms with Gasteiger partial charge in [0, 0.05) is 11.8 Å². The highest BCUT2D eigenvalue weighted by Crippen LogP contribution is 2.32. The highest BCUT2D eigenvalue weighted by molar-refractivity contribution is 5.95. The van der Waals surface area contributed by atoms with E-state index in [-0.39, 0.29) is 23.7 Å². The van der Waals surface area contributed by atoms with Crippen LogP contribution in [0.5, 0.6) is 11.5 Å². The number of carbonyl (C=O) groups excluding carboxylic acids is 2. The molecule has 0 aromatic heterocycles. The summed E-state index contributed by atoms with van der Waals surface area (Å²) in [6.45, 7) is 0. The van der Waals surface area contributed by atoms with Gasteiger partial charge in [0.2, 0.25) is 11.8 Å². The van der Waals surface area contributed by atoms with Gasteiger partial charge < -0.3 is 20.1 Å². The van der Waals surface area contributed by atoms with Crippen molar-refractivity contribution in [2.45, 2.75) is 25.7 Å². The topological polar surface area (TPSA) is 76.7 Å². The van der Waals surface area contributed by atoms with Gasteiger partial charge in [0.1, 0.15) is 11.5 Å². The summed E-state index contributed by atoms with van der Waals surface area (Å²) in [5.41, 5.74) is 1.34. The second kappa shape index (κ2) is 9.26. The quantitative estimate of drug-likeness (QED) is 0.789. The maximum Gasteiger partial charge on any atom is 0.227 e. The Balaban J connectivity index is 1.53. The van der Waals surface area contributed by atoms with Gasteiger partial charge in [-0.3, -0.25) is 9.59 Å². The third kappa shape index (κ3) is 4.63. The molecule has 2 N–H and O–H groups in total. The van der Waals surface area contributed by atoms with Crippen LogP contribution < -0.4 is 20.1 Å². The average molecular weight is 382 g/mol. The molecule has 0 heterocycles. The summed E-state index contributed by atoms with van der Waals surface area (Å²) >= 11 is 0. The SMILES string of the molecule is COc1ccccc1NC(=O)C1CCC(C(=O)Nc2ccccc2OC)CC1. The summed E-state index contributed by atoms with van der Waals surface area (Å²) in [6, 6.07) is 14.7. The van der Waals surface area contributed by atoms with Crippen LogP contribution in [0.1, 0.15) is 25.7 Å². The number of benzene rings is 2. The first kappa shape index (κ1) is 19.7. The first-order chi connectivity index (χ1) is 13.6. The standard InChI is InChI=1S/C22H26N2O4/c1-27-19-9-5-3-7-17(19)23-21(25)15-11-13-16(14-12-15)22(26)24-18-8-4-6-10-20(18)28-2/h3-10,15-16H,11-14H2,1-2H3,(H,23,25)(H,24,26). The summed E-state index contributed by atoms with van der Waals surface area (Å²) in [5.74, 6) is 1.04. The van der Waals surface area contributed by atoms with Gasteiger partial charge in [0.25, 0.3) is 0 Å². The van der Waals surface area contributed by atoms with Gasteiger partial charge in [-0.25, -0.2) is 0 Å². The minimum absolute atomic E-state index is 0.0203. The van der Waals surface area contributed by atoms with Crippen molar-refractivity contribution in [3.63, 3.8) is 0 Å². The second-order valence-corrected chi connectivity index (χ2v) is 6.93. The monoisotopic (exact) mass is 382 g/mol. The summed E-state index contributed by atoms with van der Waals surface area (Å²) in [5, 5.41) is 5.90. The van der Waals surface area contributed by atoms with E-state index in [1.165, 1.54) is 0 Å². The van der Waals surface area contributed by atoms with Crippen molar-refractivity contribution in [1.29, 1.82) is 0 Å². The number of para-hydroxylation sites is 4. The number of amides is 2. The zero-order valence-electron chi connectivity index (χ0n) is 16.2. The molecular formula is C22H26N2O4. The molecule has 3 rings (SSSR count). The molecule has 1 aliphatic carbocycles. The van der Waals surface area contributed by atoms with E-state index in [1.54, 1.807) is 14.2 Å². The van der Waals surface area contributed by atoms with Gasteiger partial charge in [0.15, 0.2) is 0 Å². The van der Waals surface area contributed by atoms with E-state index in [2.05, 4.69) is 10.6 Å². The molecule has 6 heteroatoms. The molecule has 0 atom stereocenters. The molecule has 148 valence electrons. The molecule has 6 nitrogen and oxygen atoms in total. The third-order valence-corrected chi connectivity index (χ3v) is 5.20. The van der Waals surface area contributed by atoms with E-state index in [9.17, 15) is 9.59 Å². The summed E-state index contributed by atoms with van der Waals surface area (Å²) in [4.78, 5) is 25.2. The Morgan fingerprint density at radius 2 is 1.07 bits per heavy atom. The molecule has 0 unspecified atom stereocenters. The van der Waals surface area contributed by atoms with Crippen molar-refractivity contribution < 1.29 is 19.1 Å². The number of nitrogens with one attached hydrogen (secondary N) is 2. The van der Waals surface area contributed by atoms with Crippen molar-refractivity contribution in [3.8, 4) is 11.5 Å². The van der Waals surface area contributed by atoms with Crippen molar-refractivity contribution in [2.75, 3.05) is 24.9 Å². The molecule has 1 saturated carbocycles. The normalized spacial score (nSPS) is 18.8. The fourth-order valence-electron chi connectivity index (χ4n) is 3.58. The number of hydrogen-bond donors (Lipinski definition) is 2. The third-order valence-electron chi connectivity index (χ3n) is 5.20.